The highest BCUT2D eigenvalue weighted by Crippen LogP contribution is 2.32. The standard InChI is InChI=1S/C18H8F8N2O/c19-12-13(20)15(22)17(16(23)14(12)21)28-27-7-10-4-5-11(29-10)8-2-1-3-9(6-8)18(24,25)26/h1-7,28H/b27-7+. The molecular formula is C18H8F8N2O. The van der Waals surface area contributed by atoms with Crippen molar-refractivity contribution in [2.24, 2.45) is 5.10 Å². The van der Waals surface area contributed by atoms with Crippen molar-refractivity contribution >= 4 is 11.9 Å². The minimum Gasteiger partial charge on any atom is -0.455 e. The molecule has 0 saturated heterocycles. The summed E-state index contributed by atoms with van der Waals surface area (Å²) in [7, 11) is 0. The van der Waals surface area contributed by atoms with E-state index in [2.05, 4.69) is 5.10 Å². The molecule has 0 aliphatic heterocycles. The van der Waals surface area contributed by atoms with E-state index in [1.54, 1.807) is 5.43 Å². The van der Waals surface area contributed by atoms with Crippen LogP contribution in [0.15, 0.2) is 45.9 Å². The second-order valence-electron chi connectivity index (χ2n) is 5.60. The molecule has 0 fully saturated rings. The Kier molecular flexibility index (Phi) is 5.31. The van der Waals surface area contributed by atoms with Crippen molar-refractivity contribution in [2.45, 2.75) is 6.18 Å². The molecule has 2 aromatic carbocycles. The van der Waals surface area contributed by atoms with Crippen LogP contribution in [0.5, 0.6) is 0 Å². The number of benzene rings is 2. The molecule has 152 valence electrons. The van der Waals surface area contributed by atoms with Crippen LogP contribution in [0.4, 0.5) is 40.8 Å². The topological polar surface area (TPSA) is 37.5 Å². The molecule has 1 aromatic heterocycles. The summed E-state index contributed by atoms with van der Waals surface area (Å²) in [6.07, 6.45) is -3.71. The van der Waals surface area contributed by atoms with Crippen LogP contribution in [-0.2, 0) is 6.18 Å². The minimum absolute atomic E-state index is 0.0359. The van der Waals surface area contributed by atoms with Gasteiger partial charge in [-0.1, -0.05) is 12.1 Å². The highest BCUT2D eigenvalue weighted by atomic mass is 19.4. The fourth-order valence-electron chi connectivity index (χ4n) is 2.29. The summed E-state index contributed by atoms with van der Waals surface area (Å²) in [6.45, 7) is 0. The fraction of sp³-hybridized carbons (Fsp3) is 0.0556. The lowest BCUT2D eigenvalue weighted by molar-refractivity contribution is -0.137. The summed E-state index contributed by atoms with van der Waals surface area (Å²) in [5.74, 6) is -10.8. The predicted octanol–water partition coefficient (Wildman–Crippen LogP) is 6.11. The fourth-order valence-corrected chi connectivity index (χ4v) is 2.29. The Morgan fingerprint density at radius 1 is 0.828 bits per heavy atom. The molecule has 0 atom stereocenters. The number of hydrogen-bond acceptors (Lipinski definition) is 3. The van der Waals surface area contributed by atoms with Crippen LogP contribution in [0.25, 0.3) is 11.3 Å². The van der Waals surface area contributed by atoms with Crippen molar-refractivity contribution in [3.8, 4) is 11.3 Å². The molecule has 0 unspecified atom stereocenters. The average molecular weight is 420 g/mol. The van der Waals surface area contributed by atoms with Crippen molar-refractivity contribution in [3.05, 3.63) is 76.8 Å². The van der Waals surface area contributed by atoms with Gasteiger partial charge in [-0.3, -0.25) is 5.43 Å². The van der Waals surface area contributed by atoms with Crippen LogP contribution >= 0.6 is 0 Å². The summed E-state index contributed by atoms with van der Waals surface area (Å²) < 4.78 is 110. The van der Waals surface area contributed by atoms with Crippen LogP contribution in [0.2, 0.25) is 0 Å². The average Bonchev–Trinajstić information content (AvgIpc) is 3.16. The first kappa shape index (κ1) is 20.4. The Morgan fingerprint density at radius 2 is 1.45 bits per heavy atom. The van der Waals surface area contributed by atoms with Gasteiger partial charge in [-0.15, -0.1) is 0 Å². The van der Waals surface area contributed by atoms with Crippen molar-refractivity contribution < 1.29 is 39.5 Å². The summed E-state index contributed by atoms with van der Waals surface area (Å²) in [4.78, 5) is 0. The van der Waals surface area contributed by atoms with E-state index in [9.17, 15) is 35.1 Å². The second kappa shape index (κ2) is 7.57. The zero-order chi connectivity index (χ0) is 21.3. The van der Waals surface area contributed by atoms with E-state index in [-0.39, 0.29) is 17.1 Å². The predicted molar refractivity (Wildman–Crippen MR) is 86.6 cm³/mol. The molecule has 0 bridgehead atoms. The summed E-state index contributed by atoms with van der Waals surface area (Å²) >= 11 is 0. The number of alkyl halides is 3. The van der Waals surface area contributed by atoms with E-state index in [0.29, 0.717) is 0 Å². The van der Waals surface area contributed by atoms with Crippen molar-refractivity contribution in [3.63, 3.8) is 0 Å². The van der Waals surface area contributed by atoms with Gasteiger partial charge in [-0.05, 0) is 24.3 Å². The zero-order valence-electron chi connectivity index (χ0n) is 13.9. The maximum absolute atomic E-state index is 13.5. The third-order valence-electron chi connectivity index (χ3n) is 3.68. The van der Waals surface area contributed by atoms with E-state index in [1.807, 2.05) is 0 Å². The quantitative estimate of drug-likeness (QED) is 0.182. The molecule has 0 spiro atoms. The molecule has 0 aliphatic carbocycles. The van der Waals surface area contributed by atoms with E-state index in [4.69, 9.17) is 4.42 Å². The van der Waals surface area contributed by atoms with Gasteiger partial charge in [0.2, 0.25) is 5.82 Å². The number of hydrazone groups is 1. The highest BCUT2D eigenvalue weighted by molar-refractivity contribution is 5.78. The second-order valence-corrected chi connectivity index (χ2v) is 5.60. The number of halogens is 8. The van der Waals surface area contributed by atoms with Crippen molar-refractivity contribution in [1.82, 2.24) is 0 Å². The lowest BCUT2D eigenvalue weighted by Gasteiger charge is -2.07. The van der Waals surface area contributed by atoms with Crippen LogP contribution in [0.1, 0.15) is 11.3 Å². The van der Waals surface area contributed by atoms with Gasteiger partial charge >= 0.3 is 6.18 Å². The maximum atomic E-state index is 13.5. The van der Waals surface area contributed by atoms with E-state index in [0.717, 1.165) is 18.3 Å². The van der Waals surface area contributed by atoms with Crippen LogP contribution < -0.4 is 5.43 Å². The number of anilines is 1. The highest BCUT2D eigenvalue weighted by Gasteiger charge is 2.30. The number of furan rings is 1. The molecule has 0 saturated carbocycles. The maximum Gasteiger partial charge on any atom is 0.416 e. The van der Waals surface area contributed by atoms with E-state index < -0.39 is 46.5 Å². The van der Waals surface area contributed by atoms with Gasteiger partial charge in [0.25, 0.3) is 0 Å². The molecule has 3 rings (SSSR count). The van der Waals surface area contributed by atoms with E-state index in [1.165, 1.54) is 24.3 Å². The smallest absolute Gasteiger partial charge is 0.416 e. The lowest BCUT2D eigenvalue weighted by atomic mass is 10.1. The first-order valence-electron chi connectivity index (χ1n) is 7.67. The Morgan fingerprint density at radius 3 is 2.07 bits per heavy atom. The number of nitrogens with zero attached hydrogens (tertiary/aromatic N) is 1. The number of rotatable bonds is 4. The molecule has 29 heavy (non-hydrogen) atoms. The Bertz CT molecular complexity index is 1060. The summed E-state index contributed by atoms with van der Waals surface area (Å²) in [6, 6.07) is 6.87. The van der Waals surface area contributed by atoms with Crippen molar-refractivity contribution in [2.75, 3.05) is 5.43 Å². The molecule has 1 heterocycles. The molecular weight excluding hydrogens is 412 g/mol. The van der Waals surface area contributed by atoms with Gasteiger partial charge in [-0.25, -0.2) is 22.0 Å². The summed E-state index contributed by atoms with van der Waals surface area (Å²) in [5, 5.41) is 3.32. The monoisotopic (exact) mass is 420 g/mol. The largest absolute Gasteiger partial charge is 0.455 e. The molecule has 1 N–H and O–H groups in total. The first-order valence-corrected chi connectivity index (χ1v) is 7.67. The minimum atomic E-state index is -4.55. The lowest BCUT2D eigenvalue weighted by Crippen LogP contribution is -2.06. The van der Waals surface area contributed by atoms with Crippen LogP contribution in [0, 0.1) is 29.1 Å². The Labute approximate surface area is 157 Å². The molecule has 3 nitrogen and oxygen atoms in total. The summed E-state index contributed by atoms with van der Waals surface area (Å²) in [5.41, 5.74) is -0.482. The SMILES string of the molecule is Fc1c(F)c(F)c(N/N=C/c2ccc(-c3cccc(C(F)(F)F)c3)o2)c(F)c1F. The van der Waals surface area contributed by atoms with Gasteiger partial charge in [0.1, 0.15) is 17.2 Å². The molecule has 0 radical (unpaired) electrons. The first-order chi connectivity index (χ1) is 13.6. The van der Waals surface area contributed by atoms with Gasteiger partial charge in [-0.2, -0.15) is 18.3 Å². The molecule has 0 aliphatic rings. The van der Waals surface area contributed by atoms with Crippen LogP contribution in [-0.4, -0.2) is 6.21 Å². The van der Waals surface area contributed by atoms with E-state index >= 15 is 0 Å². The van der Waals surface area contributed by atoms with Crippen molar-refractivity contribution in [1.29, 1.82) is 0 Å². The van der Waals surface area contributed by atoms with Gasteiger partial charge in [0.05, 0.1) is 11.8 Å². The Balaban J connectivity index is 1.81. The molecule has 11 heteroatoms. The number of nitrogens with one attached hydrogen (secondary N) is 1. The van der Waals surface area contributed by atoms with Gasteiger partial charge < -0.3 is 4.42 Å². The number of hydrogen-bond donors (Lipinski definition) is 1. The third-order valence-corrected chi connectivity index (χ3v) is 3.68. The van der Waals surface area contributed by atoms with Gasteiger partial charge in [0.15, 0.2) is 23.3 Å². The molecule has 0 amide bonds. The Hall–Kier alpha value is -3.37. The zero-order valence-corrected chi connectivity index (χ0v) is 13.9. The van der Waals surface area contributed by atoms with Crippen LogP contribution in [0.3, 0.4) is 0 Å². The molecule has 3 aromatic rings. The third kappa shape index (κ3) is 4.08. The van der Waals surface area contributed by atoms with Gasteiger partial charge in [0, 0.05) is 5.56 Å². The normalized spacial score (nSPS) is 12.0.